The second-order valence-electron chi connectivity index (χ2n) is 4.54. The van der Waals surface area contributed by atoms with E-state index in [0.717, 1.165) is 0 Å². The van der Waals surface area contributed by atoms with Gasteiger partial charge in [-0.2, -0.15) is 0 Å². The van der Waals surface area contributed by atoms with E-state index in [1.165, 1.54) is 8.66 Å². The largest absolute Gasteiger partial charge is 0.329 e. The molecule has 4 heteroatoms. The molecular weight excluding hydrogens is 284 g/mol. The molecule has 0 bridgehead atoms. The van der Waals surface area contributed by atoms with Crippen LogP contribution in [0.4, 0.5) is 0 Å². The molecule has 0 aliphatic heterocycles. The van der Waals surface area contributed by atoms with Crippen molar-refractivity contribution in [3.8, 4) is 0 Å². The Balaban J connectivity index is 2.82. The molecule has 1 aromatic rings. The second kappa shape index (κ2) is 6.15. The highest BCUT2D eigenvalue weighted by atomic mass is 79.9. The molecule has 0 aliphatic rings. The molecule has 92 valence electrons. The minimum absolute atomic E-state index is 0.327. The number of nitrogens with zero attached hydrogens (tertiary/aromatic N) is 1. The topological polar surface area (TPSA) is 29.3 Å². The van der Waals surface area contributed by atoms with E-state index in [1.54, 1.807) is 11.3 Å². The van der Waals surface area contributed by atoms with E-state index in [-0.39, 0.29) is 0 Å². The first-order chi connectivity index (χ1) is 7.47. The summed E-state index contributed by atoms with van der Waals surface area (Å²) in [6.45, 7) is 7.43. The molecule has 2 N–H and O–H groups in total. The Labute approximate surface area is 111 Å². The van der Waals surface area contributed by atoms with Gasteiger partial charge >= 0.3 is 0 Å². The summed E-state index contributed by atoms with van der Waals surface area (Å²) in [7, 11) is 2.16. The van der Waals surface area contributed by atoms with Crippen molar-refractivity contribution in [3.63, 3.8) is 0 Å². The summed E-state index contributed by atoms with van der Waals surface area (Å²) in [6, 6.07) is 5.12. The molecule has 2 atom stereocenters. The van der Waals surface area contributed by atoms with Gasteiger partial charge < -0.3 is 5.73 Å². The minimum Gasteiger partial charge on any atom is -0.329 e. The Kier molecular flexibility index (Phi) is 5.44. The maximum atomic E-state index is 5.90. The number of hydrogen-bond donors (Lipinski definition) is 1. The van der Waals surface area contributed by atoms with Gasteiger partial charge in [0, 0.05) is 17.5 Å². The molecular formula is C12H21BrN2S. The molecule has 1 heterocycles. The molecule has 0 saturated carbocycles. The highest BCUT2D eigenvalue weighted by Gasteiger charge is 2.23. The molecule has 0 amide bonds. The van der Waals surface area contributed by atoms with Gasteiger partial charge in [0.05, 0.1) is 9.83 Å². The molecule has 16 heavy (non-hydrogen) atoms. The highest BCUT2D eigenvalue weighted by molar-refractivity contribution is 9.11. The fourth-order valence-corrected chi connectivity index (χ4v) is 3.33. The van der Waals surface area contributed by atoms with Gasteiger partial charge in [0.15, 0.2) is 0 Å². The molecule has 1 rings (SSSR count). The summed E-state index contributed by atoms with van der Waals surface area (Å²) in [5, 5.41) is 0. The van der Waals surface area contributed by atoms with Gasteiger partial charge in [-0.3, -0.25) is 4.90 Å². The maximum Gasteiger partial charge on any atom is 0.0702 e. The Morgan fingerprint density at radius 3 is 2.38 bits per heavy atom. The van der Waals surface area contributed by atoms with Crippen LogP contribution in [0.3, 0.4) is 0 Å². The standard InChI is InChI=1S/C12H21BrN2S/c1-8(2)9(3)15(4)10(7-14)11-5-6-12(13)16-11/h5-6,8-10H,7,14H2,1-4H3. The average Bonchev–Trinajstić information content (AvgIpc) is 2.64. The number of thiophene rings is 1. The molecule has 2 unspecified atom stereocenters. The first-order valence-corrected chi connectivity index (χ1v) is 7.25. The zero-order valence-corrected chi connectivity index (χ0v) is 12.8. The molecule has 0 saturated heterocycles. The van der Waals surface area contributed by atoms with E-state index in [0.29, 0.717) is 24.5 Å². The number of hydrogen-bond acceptors (Lipinski definition) is 3. The van der Waals surface area contributed by atoms with Gasteiger partial charge in [-0.15, -0.1) is 11.3 Å². The Hall–Kier alpha value is 0.1000. The van der Waals surface area contributed by atoms with Crippen molar-refractivity contribution in [2.45, 2.75) is 32.9 Å². The third-order valence-electron chi connectivity index (χ3n) is 3.24. The highest BCUT2D eigenvalue weighted by Crippen LogP contribution is 2.31. The quantitative estimate of drug-likeness (QED) is 0.902. The zero-order valence-electron chi connectivity index (χ0n) is 10.4. The van der Waals surface area contributed by atoms with E-state index in [9.17, 15) is 0 Å². The zero-order chi connectivity index (χ0) is 12.3. The van der Waals surface area contributed by atoms with Crippen LogP contribution in [-0.4, -0.2) is 24.5 Å². The van der Waals surface area contributed by atoms with E-state index in [2.05, 4.69) is 60.8 Å². The van der Waals surface area contributed by atoms with Crippen molar-refractivity contribution < 1.29 is 0 Å². The van der Waals surface area contributed by atoms with Crippen molar-refractivity contribution in [3.05, 3.63) is 20.8 Å². The van der Waals surface area contributed by atoms with Crippen LogP contribution < -0.4 is 5.73 Å². The van der Waals surface area contributed by atoms with Gasteiger partial charge in [-0.1, -0.05) is 13.8 Å². The van der Waals surface area contributed by atoms with Gasteiger partial charge in [0.2, 0.25) is 0 Å². The van der Waals surface area contributed by atoms with Crippen molar-refractivity contribution in [1.29, 1.82) is 0 Å². The van der Waals surface area contributed by atoms with Gasteiger partial charge in [-0.05, 0) is 48.0 Å². The van der Waals surface area contributed by atoms with E-state index in [4.69, 9.17) is 5.73 Å². The molecule has 0 fully saturated rings. The fraction of sp³-hybridized carbons (Fsp3) is 0.667. The van der Waals surface area contributed by atoms with E-state index >= 15 is 0 Å². The molecule has 0 radical (unpaired) electrons. The van der Waals surface area contributed by atoms with Crippen LogP contribution in [0.2, 0.25) is 0 Å². The summed E-state index contributed by atoms with van der Waals surface area (Å²) < 4.78 is 1.17. The van der Waals surface area contributed by atoms with E-state index < -0.39 is 0 Å². The second-order valence-corrected chi connectivity index (χ2v) is 7.04. The third-order valence-corrected chi connectivity index (χ3v) is 4.97. The lowest BCUT2D eigenvalue weighted by Gasteiger charge is -2.34. The van der Waals surface area contributed by atoms with E-state index in [1.807, 2.05) is 0 Å². The number of nitrogens with two attached hydrogens (primary N) is 1. The van der Waals surface area contributed by atoms with Crippen LogP contribution in [-0.2, 0) is 0 Å². The van der Waals surface area contributed by atoms with Crippen LogP contribution in [0.15, 0.2) is 15.9 Å². The molecule has 0 aliphatic carbocycles. The lowest BCUT2D eigenvalue weighted by Crippen LogP contribution is -2.39. The normalized spacial score (nSPS) is 15.8. The Bertz CT molecular complexity index is 325. The van der Waals surface area contributed by atoms with Crippen molar-refractivity contribution in [2.24, 2.45) is 11.7 Å². The maximum absolute atomic E-state index is 5.90. The first kappa shape index (κ1) is 14.2. The minimum atomic E-state index is 0.327. The lowest BCUT2D eigenvalue weighted by atomic mass is 10.0. The predicted molar refractivity (Wildman–Crippen MR) is 75.9 cm³/mol. The molecule has 1 aromatic heterocycles. The summed E-state index contributed by atoms with van der Waals surface area (Å²) in [4.78, 5) is 3.72. The van der Waals surface area contributed by atoms with Crippen molar-refractivity contribution >= 4 is 27.3 Å². The summed E-state index contributed by atoms with van der Waals surface area (Å²) >= 11 is 5.28. The SMILES string of the molecule is CC(C)C(C)N(C)C(CN)c1ccc(Br)s1. The summed E-state index contributed by atoms with van der Waals surface area (Å²) in [5.41, 5.74) is 5.90. The number of likely N-dealkylation sites (N-methyl/N-ethyl adjacent to an activating group) is 1. The Morgan fingerprint density at radius 1 is 1.38 bits per heavy atom. The van der Waals surface area contributed by atoms with Crippen LogP contribution in [0.25, 0.3) is 0 Å². The van der Waals surface area contributed by atoms with Crippen molar-refractivity contribution in [2.75, 3.05) is 13.6 Å². The van der Waals surface area contributed by atoms with Crippen molar-refractivity contribution in [1.82, 2.24) is 4.90 Å². The predicted octanol–water partition coefficient (Wildman–Crippen LogP) is 3.49. The van der Waals surface area contributed by atoms with Gasteiger partial charge in [-0.25, -0.2) is 0 Å². The van der Waals surface area contributed by atoms with Crippen LogP contribution in [0.5, 0.6) is 0 Å². The fourth-order valence-electron chi connectivity index (χ4n) is 1.74. The molecule has 0 aromatic carbocycles. The van der Waals surface area contributed by atoms with Crippen LogP contribution in [0, 0.1) is 5.92 Å². The monoisotopic (exact) mass is 304 g/mol. The Morgan fingerprint density at radius 2 is 2.00 bits per heavy atom. The smallest absolute Gasteiger partial charge is 0.0702 e. The first-order valence-electron chi connectivity index (χ1n) is 5.64. The van der Waals surface area contributed by atoms with Crippen LogP contribution in [0.1, 0.15) is 31.7 Å². The summed E-state index contributed by atoms with van der Waals surface area (Å²) in [5.74, 6) is 0.641. The number of rotatable bonds is 5. The lowest BCUT2D eigenvalue weighted by molar-refractivity contribution is 0.154. The van der Waals surface area contributed by atoms with Gasteiger partial charge in [0.1, 0.15) is 0 Å². The number of halogens is 1. The van der Waals surface area contributed by atoms with Crippen LogP contribution >= 0.6 is 27.3 Å². The molecule has 2 nitrogen and oxygen atoms in total. The third kappa shape index (κ3) is 3.29. The molecule has 0 spiro atoms. The average molecular weight is 305 g/mol. The summed E-state index contributed by atoms with van der Waals surface area (Å²) in [6.07, 6.45) is 0. The van der Waals surface area contributed by atoms with Gasteiger partial charge in [0.25, 0.3) is 0 Å².